The van der Waals surface area contributed by atoms with Crippen LogP contribution < -0.4 is 4.90 Å². The van der Waals surface area contributed by atoms with Gasteiger partial charge in [-0.25, -0.2) is 0 Å². The zero-order chi connectivity index (χ0) is 31.2. The van der Waals surface area contributed by atoms with E-state index in [2.05, 4.69) is 13.2 Å². The zero-order valence-electron chi connectivity index (χ0n) is 26.4. The van der Waals surface area contributed by atoms with E-state index in [0.29, 0.717) is 25.1 Å². The van der Waals surface area contributed by atoms with Crippen molar-refractivity contribution in [1.82, 2.24) is 9.80 Å². The van der Waals surface area contributed by atoms with Crippen LogP contribution in [0.15, 0.2) is 55.6 Å². The molecule has 1 aromatic rings. The normalized spacial score (nSPS) is 31.4. The smallest absolute Gasteiger partial charge is 0.249 e. The Balaban J connectivity index is 1.92. The van der Waals surface area contributed by atoms with E-state index >= 15 is 0 Å². The first-order chi connectivity index (χ1) is 19.7. The van der Waals surface area contributed by atoms with Crippen LogP contribution in [0.25, 0.3) is 0 Å². The molecule has 8 atom stereocenters. The lowest BCUT2D eigenvalue weighted by Gasteiger charge is -2.44. The van der Waals surface area contributed by atoms with Crippen LogP contribution in [0.1, 0.15) is 61.3 Å². The molecule has 4 rings (SSSR count). The number of anilines is 1. The number of fused-ring (bicyclic) bond motifs is 1. The van der Waals surface area contributed by atoms with E-state index in [9.17, 15) is 19.5 Å². The Hall–Kier alpha value is -2.97. The summed E-state index contributed by atoms with van der Waals surface area (Å²) >= 11 is 0. The summed E-state index contributed by atoms with van der Waals surface area (Å²) in [4.78, 5) is 49.2. The van der Waals surface area contributed by atoms with Crippen LogP contribution in [-0.4, -0.2) is 81.1 Å². The Morgan fingerprint density at radius 3 is 2.31 bits per heavy atom. The number of para-hydroxylation sites is 1. The molecular formula is C34H49N3O5. The van der Waals surface area contributed by atoms with Crippen LogP contribution in [0.5, 0.6) is 0 Å². The lowest BCUT2D eigenvalue weighted by molar-refractivity contribution is -0.159. The van der Waals surface area contributed by atoms with Gasteiger partial charge in [0.2, 0.25) is 17.7 Å². The van der Waals surface area contributed by atoms with Gasteiger partial charge in [-0.15, -0.1) is 13.2 Å². The van der Waals surface area contributed by atoms with Gasteiger partial charge in [-0.1, -0.05) is 57.5 Å². The van der Waals surface area contributed by atoms with Gasteiger partial charge in [0.15, 0.2) is 0 Å². The maximum absolute atomic E-state index is 14.8. The highest BCUT2D eigenvalue weighted by Crippen LogP contribution is 2.66. The minimum atomic E-state index is -1.20. The molecular weight excluding hydrogens is 530 g/mol. The predicted molar refractivity (Wildman–Crippen MR) is 165 cm³/mol. The van der Waals surface area contributed by atoms with Crippen LogP contribution in [-0.2, 0) is 19.1 Å². The third kappa shape index (κ3) is 4.80. The molecule has 1 aromatic carbocycles. The first-order valence-corrected chi connectivity index (χ1v) is 15.3. The van der Waals surface area contributed by atoms with Crippen LogP contribution in [0.3, 0.4) is 0 Å². The van der Waals surface area contributed by atoms with E-state index < -0.39 is 40.7 Å². The Labute approximate surface area is 251 Å². The number of benzene rings is 1. The summed E-state index contributed by atoms with van der Waals surface area (Å²) in [5, 5.41) is 10.7. The second-order valence-corrected chi connectivity index (χ2v) is 13.6. The minimum Gasteiger partial charge on any atom is -0.394 e. The van der Waals surface area contributed by atoms with Gasteiger partial charge in [0.25, 0.3) is 0 Å². The number of ether oxygens (including phenoxy) is 1. The van der Waals surface area contributed by atoms with E-state index in [4.69, 9.17) is 4.74 Å². The summed E-state index contributed by atoms with van der Waals surface area (Å²) in [7, 11) is 0. The number of aliphatic hydroxyl groups is 1. The molecule has 3 aliphatic heterocycles. The number of carbonyl (C=O) groups is 3. The molecule has 2 bridgehead atoms. The Morgan fingerprint density at radius 2 is 1.79 bits per heavy atom. The van der Waals surface area contributed by atoms with Crippen LogP contribution in [0.4, 0.5) is 5.69 Å². The van der Waals surface area contributed by atoms with E-state index in [1.807, 2.05) is 78.8 Å². The van der Waals surface area contributed by atoms with Gasteiger partial charge in [0.1, 0.15) is 11.6 Å². The van der Waals surface area contributed by atoms with Crippen LogP contribution in [0, 0.1) is 23.7 Å². The number of hydrogen-bond donors (Lipinski definition) is 1. The first-order valence-electron chi connectivity index (χ1n) is 15.3. The SMILES string of the molecule is C=CCN(C(=O)[C@@H]1[C@H]2C(=O)N([C@@H](CO)[C@@H](C)CC)C(C(=O)N(CC=C)C(C)(C)C)C23CC(C)[C@@]1(C)O3)c1ccccc1. The molecule has 42 heavy (non-hydrogen) atoms. The summed E-state index contributed by atoms with van der Waals surface area (Å²) in [5.41, 5.74) is -2.00. The number of hydrogen-bond acceptors (Lipinski definition) is 5. The molecule has 3 unspecified atom stereocenters. The molecule has 3 saturated heterocycles. The van der Waals surface area contributed by atoms with E-state index in [1.165, 1.54) is 0 Å². The van der Waals surface area contributed by atoms with Gasteiger partial charge in [-0.2, -0.15) is 0 Å². The molecule has 0 radical (unpaired) electrons. The molecule has 0 aromatic heterocycles. The first kappa shape index (κ1) is 32.0. The Morgan fingerprint density at radius 1 is 1.17 bits per heavy atom. The van der Waals surface area contributed by atoms with Gasteiger partial charge in [0, 0.05) is 24.3 Å². The fourth-order valence-electron chi connectivity index (χ4n) is 7.70. The topological polar surface area (TPSA) is 90.4 Å². The number of amides is 3. The van der Waals surface area contributed by atoms with Crippen molar-refractivity contribution in [1.29, 1.82) is 0 Å². The Bertz CT molecular complexity index is 1210. The number of likely N-dealkylation sites (tertiary alicyclic amines) is 1. The summed E-state index contributed by atoms with van der Waals surface area (Å²) < 4.78 is 6.97. The summed E-state index contributed by atoms with van der Waals surface area (Å²) in [6.45, 7) is 21.9. The molecule has 1 spiro atoms. The number of rotatable bonds is 11. The lowest BCUT2D eigenvalue weighted by atomic mass is 9.62. The highest BCUT2D eigenvalue weighted by atomic mass is 16.5. The standard InChI is InChI=1S/C34H49N3O5/c1-10-18-35(24-16-14-13-15-17-24)29(39)26-27-30(40)37(25(21-38)22(4)12-3)28(31(41)36(19-11-2)32(6,7)8)34(27)20-23(5)33(26,9)42-34/h10-11,13-17,22-23,25-28,38H,1-2,12,18-21H2,3-9H3/t22-,23?,25-,26-,27-,28?,33+,34?/m0/s1. The number of aliphatic hydroxyl groups excluding tert-OH is 1. The van der Waals surface area contributed by atoms with Crippen LogP contribution in [0.2, 0.25) is 0 Å². The van der Waals surface area contributed by atoms with E-state index in [0.717, 1.165) is 0 Å². The van der Waals surface area contributed by atoms with Crippen molar-refractivity contribution in [3.05, 3.63) is 55.6 Å². The van der Waals surface area contributed by atoms with Gasteiger partial charge in [0.05, 0.1) is 30.1 Å². The lowest BCUT2D eigenvalue weighted by Crippen LogP contribution is -2.62. The van der Waals surface area contributed by atoms with Crippen molar-refractivity contribution in [2.24, 2.45) is 23.7 Å². The molecule has 8 nitrogen and oxygen atoms in total. The molecule has 3 fully saturated rings. The maximum Gasteiger partial charge on any atom is 0.249 e. The van der Waals surface area contributed by atoms with E-state index in [1.54, 1.807) is 26.9 Å². The van der Waals surface area contributed by atoms with Crippen molar-refractivity contribution in [2.75, 3.05) is 24.6 Å². The minimum absolute atomic E-state index is 0.0760. The van der Waals surface area contributed by atoms with Crippen molar-refractivity contribution in [2.45, 2.75) is 90.1 Å². The second-order valence-electron chi connectivity index (χ2n) is 13.6. The predicted octanol–water partition coefficient (Wildman–Crippen LogP) is 4.44. The van der Waals surface area contributed by atoms with Crippen molar-refractivity contribution < 1.29 is 24.2 Å². The molecule has 0 saturated carbocycles. The molecule has 0 aliphatic carbocycles. The number of carbonyl (C=O) groups excluding carboxylic acids is 3. The molecule has 3 amide bonds. The summed E-state index contributed by atoms with van der Waals surface area (Å²) in [6.07, 6.45) is 4.54. The average molecular weight is 580 g/mol. The monoisotopic (exact) mass is 579 g/mol. The summed E-state index contributed by atoms with van der Waals surface area (Å²) in [6, 6.07) is 7.80. The molecule has 8 heteroatoms. The average Bonchev–Trinajstić information content (AvgIpc) is 3.46. The molecule has 3 heterocycles. The van der Waals surface area contributed by atoms with Crippen LogP contribution >= 0.6 is 0 Å². The van der Waals surface area contributed by atoms with Gasteiger partial charge in [-0.3, -0.25) is 14.4 Å². The molecule has 230 valence electrons. The van der Waals surface area contributed by atoms with E-state index in [-0.39, 0.29) is 42.7 Å². The maximum atomic E-state index is 14.8. The van der Waals surface area contributed by atoms with Crippen molar-refractivity contribution >= 4 is 23.4 Å². The fraction of sp³-hybridized carbons (Fsp3) is 0.618. The molecule has 3 aliphatic rings. The second kappa shape index (κ2) is 11.6. The largest absolute Gasteiger partial charge is 0.394 e. The van der Waals surface area contributed by atoms with Crippen molar-refractivity contribution in [3.63, 3.8) is 0 Å². The fourth-order valence-corrected chi connectivity index (χ4v) is 7.70. The number of nitrogens with zero attached hydrogens (tertiary/aromatic N) is 3. The summed E-state index contributed by atoms with van der Waals surface area (Å²) in [5.74, 6) is -2.59. The third-order valence-corrected chi connectivity index (χ3v) is 10.1. The zero-order valence-corrected chi connectivity index (χ0v) is 26.4. The van der Waals surface area contributed by atoms with Crippen molar-refractivity contribution in [3.8, 4) is 0 Å². The Kier molecular flexibility index (Phi) is 8.83. The van der Waals surface area contributed by atoms with Gasteiger partial charge < -0.3 is 24.5 Å². The molecule has 1 N–H and O–H groups in total. The third-order valence-electron chi connectivity index (χ3n) is 10.1. The highest BCUT2D eigenvalue weighted by Gasteiger charge is 2.80. The van der Waals surface area contributed by atoms with Gasteiger partial charge >= 0.3 is 0 Å². The quantitative estimate of drug-likeness (QED) is 0.392. The van der Waals surface area contributed by atoms with Gasteiger partial charge in [-0.05, 0) is 58.1 Å². The highest BCUT2D eigenvalue weighted by molar-refractivity contribution is 6.03.